The first-order valence-electron chi connectivity index (χ1n) is 48.1. The Morgan fingerprint density at radius 1 is 0.396 bits per heavy atom. The number of carboxylic acids is 1. The van der Waals surface area contributed by atoms with Crippen LogP contribution in [0.3, 0.4) is 0 Å². The quantitative estimate of drug-likeness (QED) is 0.0121. The van der Waals surface area contributed by atoms with Crippen molar-refractivity contribution in [2.45, 2.75) is 92.3 Å². The van der Waals surface area contributed by atoms with Crippen molar-refractivity contribution in [1.29, 1.82) is 0 Å². The number of aromatic nitrogens is 12. The van der Waals surface area contributed by atoms with Gasteiger partial charge in [-0.25, -0.2) is 4.79 Å². The number of alkyl halides is 4. The van der Waals surface area contributed by atoms with E-state index in [0.717, 1.165) is 174 Å². The van der Waals surface area contributed by atoms with Gasteiger partial charge in [0.05, 0.1) is 132 Å². The maximum atomic E-state index is 13.7. The summed E-state index contributed by atoms with van der Waals surface area (Å²) in [5, 5.41) is 53.7. The molecule has 6 aliphatic rings. The number of carboxylic acid groups (broad SMARTS) is 1. The minimum absolute atomic E-state index is 0.0839. The highest BCUT2D eigenvalue weighted by Crippen LogP contribution is 2.41. The second-order valence-corrected chi connectivity index (χ2v) is 36.7. The SMILES string of the molecule is CC(F)(F)c1cc(C(=O)O)ccn1.COCCOc1nnc(-c2cc(N)ccc2C)cc1N1CCOCC1.COCCOc1nnc(-c2cc(N)ccc2C)cc1N1CCOCC1.COCCOc1nnc(-c2cc(NC(=O)c3ccnc(C(C)(F)F)c3)ccc2C)cc1N1CCOCC1.COCCOc1nnc(Cl)cc1N1CCOCC1.Cc1ccc(N)cc1B1OC(C)(C)C(C)(C)O1.Clc1cc(N2CCOCC2)c(Cl)nn1. The number of nitrogen functional groups attached to an aromatic ring is 3. The first-order chi connectivity index (χ1) is 71.3. The summed E-state index contributed by atoms with van der Waals surface area (Å²) in [7, 11) is 6.18. The van der Waals surface area contributed by atoms with Crippen LogP contribution < -0.4 is 71.4 Å². The van der Waals surface area contributed by atoms with Gasteiger partial charge in [-0.05, 0) is 169 Å². The molecule has 6 aliphatic heterocycles. The van der Waals surface area contributed by atoms with Gasteiger partial charge in [0, 0.05) is 177 Å². The zero-order valence-electron chi connectivity index (χ0n) is 86.0. The van der Waals surface area contributed by atoms with Gasteiger partial charge < -0.3 is 123 Å². The van der Waals surface area contributed by atoms with Gasteiger partial charge in [0.2, 0.25) is 0 Å². The van der Waals surface area contributed by atoms with E-state index in [4.69, 9.17) is 128 Å². The zero-order valence-corrected chi connectivity index (χ0v) is 88.3. The second-order valence-electron chi connectivity index (χ2n) is 35.6. The Morgan fingerprint density at radius 2 is 0.705 bits per heavy atom. The molecule has 7 aromatic heterocycles. The van der Waals surface area contributed by atoms with Crippen LogP contribution in [0.4, 0.5) is 68.7 Å². The summed E-state index contributed by atoms with van der Waals surface area (Å²) in [6.07, 6.45) is 2.25. The molecule has 11 aromatic rings. The number of aryl methyl sites for hydroxylation is 4. The number of pyridine rings is 2. The first kappa shape index (κ1) is 117. The Labute approximate surface area is 879 Å². The number of morpholine rings is 5. The third-order valence-corrected chi connectivity index (χ3v) is 24.7. The third kappa shape index (κ3) is 34.7. The fourth-order valence-electron chi connectivity index (χ4n) is 15.2. The van der Waals surface area contributed by atoms with Crippen LogP contribution in [0.5, 0.6) is 23.5 Å². The molecular weight excluding hydrogens is 2000 g/mol. The number of methoxy groups -OCH3 is 4. The number of carbonyl (C=O) groups excluding carboxylic acids is 1. The van der Waals surface area contributed by atoms with E-state index in [-0.39, 0.29) is 29.4 Å². The molecule has 149 heavy (non-hydrogen) atoms. The number of benzene rings is 4. The number of nitrogens with zero attached hydrogens (tertiary/aromatic N) is 17. The molecule has 17 rings (SSSR count). The van der Waals surface area contributed by atoms with E-state index in [1.165, 1.54) is 12.3 Å². The standard InChI is InChI=1S/C26H29F2N5O4.2C18H24N4O3.C13H20BNO2.C11H16ClN3O3.C8H9Cl2N3O.C8H7F2NO2/c1-17-4-5-19(30-24(34)18-6-7-29-23(14-18)26(2,27)28)15-20(17)21-16-22(33-8-10-36-11-9-33)25(32-31-21)37-13-12-35-3;2*1-13-3-4-14(19)11-15(13)16-12-17(22-5-7-24-8-6-22)18(21-20-16)25-10-9-23-2;1-9-6-7-10(15)8-11(9)14-16-12(2,3)13(4,5)17-14;1-16-6-7-18-11-9(8-10(12)13-14-11)15-2-4-17-5-3-15;9-7-5-6(8(10)12-11-7)13-1-3-14-4-2-13;1-8(9,10)6-4-5(7(12)13)2-3-11-6/h4-7,14-16H,8-13H2,1-3H3,(H,30,34);2*3-4,11-12H,5-10,19H2,1-2H3;6-8H,15H2,1-5H3;8H,2-7H2,1H3;5H,1-4H2;2-4H,1H3,(H,12,13). The summed E-state index contributed by atoms with van der Waals surface area (Å²) in [4.78, 5) is 41.0. The summed E-state index contributed by atoms with van der Waals surface area (Å²) < 4.78 is 135. The van der Waals surface area contributed by atoms with E-state index in [2.05, 4.69) is 118 Å². The van der Waals surface area contributed by atoms with Crippen molar-refractivity contribution in [1.82, 2.24) is 61.0 Å². The molecule has 39 nitrogen and oxygen atoms in total. The van der Waals surface area contributed by atoms with Gasteiger partial charge in [-0.1, -0.05) is 64.6 Å². The van der Waals surface area contributed by atoms with Crippen LogP contribution in [0.1, 0.15) is 95.9 Å². The third-order valence-electron chi connectivity index (χ3n) is 24.1. The van der Waals surface area contributed by atoms with Crippen LogP contribution in [0.2, 0.25) is 15.5 Å². The number of nitrogens with one attached hydrogen (secondary N) is 1. The smallest absolute Gasteiger partial charge is 0.478 e. The molecule has 4 aromatic carbocycles. The van der Waals surface area contributed by atoms with Gasteiger partial charge in [-0.2, -0.15) is 17.6 Å². The van der Waals surface area contributed by atoms with Crippen molar-refractivity contribution in [3.63, 3.8) is 0 Å². The minimum Gasteiger partial charge on any atom is -0.478 e. The van der Waals surface area contributed by atoms with Crippen LogP contribution in [0, 0.1) is 27.7 Å². The molecule has 0 atom stereocenters. The molecule has 0 radical (unpaired) electrons. The normalized spacial score (nSPS) is 15.3. The van der Waals surface area contributed by atoms with E-state index in [0.29, 0.717) is 201 Å². The zero-order chi connectivity index (χ0) is 107. The molecule has 0 unspecified atom stereocenters. The van der Waals surface area contributed by atoms with E-state index in [9.17, 15) is 27.2 Å². The lowest BCUT2D eigenvalue weighted by molar-refractivity contribution is 0.00578. The number of hydrogen-bond donors (Lipinski definition) is 5. The topological polar surface area (TPSA) is 454 Å². The molecule has 6 fully saturated rings. The van der Waals surface area contributed by atoms with Crippen LogP contribution in [-0.4, -0.2) is 309 Å². The fourth-order valence-corrected chi connectivity index (χ4v) is 15.6. The van der Waals surface area contributed by atoms with E-state index in [1.807, 2.05) is 107 Å². The van der Waals surface area contributed by atoms with Gasteiger partial charge in [-0.15, -0.1) is 51.0 Å². The Morgan fingerprint density at radius 3 is 1.07 bits per heavy atom. The van der Waals surface area contributed by atoms with Crippen molar-refractivity contribution >= 4 is 110 Å². The average Bonchev–Trinajstić information content (AvgIpc) is 1.63. The average molecular weight is 2130 g/mol. The Bertz CT molecular complexity index is 6020. The molecule has 47 heteroatoms. The number of nitrogens with two attached hydrogens (primary N) is 3. The summed E-state index contributed by atoms with van der Waals surface area (Å²) in [6.45, 7) is 35.7. The molecular formula is C102H129BCl3F4N21O18. The van der Waals surface area contributed by atoms with Crippen molar-refractivity contribution in [2.24, 2.45) is 0 Å². The Balaban J connectivity index is 0.000000170. The molecule has 0 spiro atoms. The number of aromatic carboxylic acids is 1. The molecule has 6 saturated heterocycles. The number of ether oxygens (including phenoxy) is 13. The van der Waals surface area contributed by atoms with E-state index >= 15 is 0 Å². The fraction of sp³-hybridized carbons (Fsp3) is 0.451. The molecule has 0 bridgehead atoms. The lowest BCUT2D eigenvalue weighted by atomic mass is 9.76. The van der Waals surface area contributed by atoms with E-state index in [1.54, 1.807) is 52.7 Å². The van der Waals surface area contributed by atoms with Crippen LogP contribution in [-0.2, 0) is 63.8 Å². The number of hydrogen-bond acceptors (Lipinski definition) is 37. The predicted molar refractivity (Wildman–Crippen MR) is 563 cm³/mol. The monoisotopic (exact) mass is 2130 g/mol. The highest BCUT2D eigenvalue weighted by atomic mass is 35.5. The number of carbonyl (C=O) groups is 2. The van der Waals surface area contributed by atoms with Crippen molar-refractivity contribution in [3.8, 4) is 57.3 Å². The second kappa shape index (κ2) is 56.8. The number of rotatable bonds is 30. The lowest BCUT2D eigenvalue weighted by Gasteiger charge is -2.32. The summed E-state index contributed by atoms with van der Waals surface area (Å²) in [5.74, 6) is -6.09. The first-order valence-corrected chi connectivity index (χ1v) is 49.2. The number of anilines is 9. The van der Waals surface area contributed by atoms with Gasteiger partial charge >= 0.3 is 13.1 Å². The maximum Gasteiger partial charge on any atom is 0.495 e. The molecule has 802 valence electrons. The summed E-state index contributed by atoms with van der Waals surface area (Å²) in [6, 6.07) is 36.7. The predicted octanol–water partition coefficient (Wildman–Crippen LogP) is 14.2. The van der Waals surface area contributed by atoms with Crippen molar-refractivity contribution < 1.29 is 103 Å². The molecule has 1 amide bonds. The summed E-state index contributed by atoms with van der Waals surface area (Å²) >= 11 is 17.5. The largest absolute Gasteiger partial charge is 0.495 e. The number of halogens is 7. The molecule has 8 N–H and O–H groups in total. The van der Waals surface area contributed by atoms with Crippen LogP contribution in [0.15, 0.2) is 140 Å². The summed E-state index contributed by atoms with van der Waals surface area (Å²) in [5.41, 5.74) is 33.1. The maximum absolute atomic E-state index is 13.7. The van der Waals surface area contributed by atoms with E-state index < -0.39 is 35.1 Å². The Kier molecular flexibility index (Phi) is 44.5. The lowest BCUT2D eigenvalue weighted by Crippen LogP contribution is -2.41. The molecule has 0 aliphatic carbocycles. The van der Waals surface area contributed by atoms with Gasteiger partial charge in [-0.3, -0.25) is 14.8 Å². The molecule has 0 saturated carbocycles. The van der Waals surface area contributed by atoms with Gasteiger partial charge in [0.25, 0.3) is 41.3 Å². The van der Waals surface area contributed by atoms with Crippen LogP contribution >= 0.6 is 34.8 Å². The van der Waals surface area contributed by atoms with Crippen LogP contribution in [0.25, 0.3) is 33.8 Å². The molecule has 13 heterocycles. The number of amides is 1. The van der Waals surface area contributed by atoms with Crippen molar-refractivity contribution in [2.75, 3.05) is 260 Å². The van der Waals surface area contributed by atoms with Gasteiger partial charge in [0.1, 0.15) is 60.6 Å². The highest BCUT2D eigenvalue weighted by Gasteiger charge is 2.52. The Hall–Kier alpha value is -12.7. The van der Waals surface area contributed by atoms with Crippen molar-refractivity contribution in [3.05, 3.63) is 200 Å². The highest BCUT2D eigenvalue weighted by molar-refractivity contribution is 6.62. The minimum atomic E-state index is -3.15. The van der Waals surface area contributed by atoms with Gasteiger partial charge in [0.15, 0.2) is 15.5 Å².